The highest BCUT2D eigenvalue weighted by Crippen LogP contribution is 2.22. The number of rotatable bonds is 9. The molecule has 2 heterocycles. The average molecular weight is 389 g/mol. The lowest BCUT2D eigenvalue weighted by Crippen LogP contribution is -2.44. The number of aryl methyl sites for hydroxylation is 2. The van der Waals surface area contributed by atoms with Gasteiger partial charge in [0, 0.05) is 52.4 Å². The summed E-state index contributed by atoms with van der Waals surface area (Å²) >= 11 is 0. The van der Waals surface area contributed by atoms with Crippen LogP contribution in [-0.2, 0) is 12.8 Å². The van der Waals surface area contributed by atoms with E-state index in [1.165, 1.54) is 95.8 Å². The second-order valence-electron chi connectivity index (χ2n) is 8.64. The predicted octanol–water partition coefficient (Wildman–Crippen LogP) is 2.06. The van der Waals surface area contributed by atoms with E-state index in [2.05, 4.69) is 51.9 Å². The van der Waals surface area contributed by atoms with Crippen LogP contribution in [0.1, 0.15) is 24.0 Å². The highest BCUT2D eigenvalue weighted by atomic mass is 16.5. The lowest BCUT2D eigenvalue weighted by Gasteiger charge is -2.32. The van der Waals surface area contributed by atoms with Gasteiger partial charge in [-0.15, -0.1) is 0 Å². The number of ether oxygens (including phenoxy) is 1. The maximum Gasteiger partial charge on any atom is 0.122 e. The molecule has 2 saturated heterocycles. The number of methoxy groups -OCH3 is 1. The Morgan fingerprint density at radius 1 is 0.750 bits per heavy atom. The SMILES string of the molecule is COc1ccc(CCCN2CCN(C)CC2)cc1CCCN1CCN(C)CC1. The molecule has 0 saturated carbocycles. The average Bonchev–Trinajstić information content (AvgIpc) is 2.71. The van der Waals surface area contributed by atoms with Gasteiger partial charge in [0.25, 0.3) is 0 Å². The van der Waals surface area contributed by atoms with Crippen molar-refractivity contribution in [3.05, 3.63) is 29.3 Å². The zero-order valence-electron chi connectivity index (χ0n) is 18.3. The Labute approximate surface area is 172 Å². The van der Waals surface area contributed by atoms with Crippen molar-refractivity contribution in [2.24, 2.45) is 0 Å². The van der Waals surface area contributed by atoms with Gasteiger partial charge in [0.2, 0.25) is 0 Å². The molecule has 5 nitrogen and oxygen atoms in total. The summed E-state index contributed by atoms with van der Waals surface area (Å²) in [4.78, 5) is 10.1. The lowest BCUT2D eigenvalue weighted by atomic mass is 10.0. The number of hydrogen-bond donors (Lipinski definition) is 0. The maximum atomic E-state index is 5.63. The molecule has 2 aliphatic heterocycles. The first kappa shape index (κ1) is 21.6. The molecule has 5 heteroatoms. The largest absolute Gasteiger partial charge is 0.496 e. The van der Waals surface area contributed by atoms with Gasteiger partial charge >= 0.3 is 0 Å². The van der Waals surface area contributed by atoms with Crippen molar-refractivity contribution in [3.63, 3.8) is 0 Å². The van der Waals surface area contributed by atoms with E-state index in [-0.39, 0.29) is 0 Å². The van der Waals surface area contributed by atoms with Crippen molar-refractivity contribution in [2.75, 3.05) is 86.7 Å². The molecule has 0 atom stereocenters. The summed E-state index contributed by atoms with van der Waals surface area (Å²) in [5.74, 6) is 1.06. The molecule has 1 aromatic rings. The minimum atomic E-state index is 1.06. The van der Waals surface area contributed by atoms with E-state index in [1.54, 1.807) is 7.11 Å². The predicted molar refractivity (Wildman–Crippen MR) is 118 cm³/mol. The minimum Gasteiger partial charge on any atom is -0.496 e. The fourth-order valence-electron chi connectivity index (χ4n) is 4.33. The minimum absolute atomic E-state index is 1.06. The normalized spacial score (nSPS) is 20.5. The second-order valence-corrected chi connectivity index (χ2v) is 8.64. The van der Waals surface area contributed by atoms with Crippen LogP contribution in [0.15, 0.2) is 18.2 Å². The first-order valence-electron chi connectivity index (χ1n) is 11.1. The molecule has 0 bridgehead atoms. The van der Waals surface area contributed by atoms with Crippen LogP contribution in [0, 0.1) is 0 Å². The summed E-state index contributed by atoms with van der Waals surface area (Å²) in [6.45, 7) is 12.1. The number of nitrogens with zero attached hydrogens (tertiary/aromatic N) is 4. The summed E-state index contributed by atoms with van der Waals surface area (Å²) < 4.78 is 5.63. The fraction of sp³-hybridized carbons (Fsp3) is 0.739. The number of benzene rings is 1. The number of piperazine rings is 2. The Bertz CT molecular complexity index is 578. The van der Waals surface area contributed by atoms with Gasteiger partial charge in [-0.25, -0.2) is 0 Å². The summed E-state index contributed by atoms with van der Waals surface area (Å²) in [6.07, 6.45) is 4.74. The molecule has 1 aromatic carbocycles. The number of likely N-dealkylation sites (N-methyl/N-ethyl adjacent to an activating group) is 2. The van der Waals surface area contributed by atoms with Gasteiger partial charge in [0.05, 0.1) is 7.11 Å². The van der Waals surface area contributed by atoms with Crippen LogP contribution in [0.3, 0.4) is 0 Å². The molecular weight excluding hydrogens is 348 g/mol. The van der Waals surface area contributed by atoms with Gasteiger partial charge in [-0.3, -0.25) is 0 Å². The molecule has 28 heavy (non-hydrogen) atoms. The number of hydrogen-bond acceptors (Lipinski definition) is 5. The van der Waals surface area contributed by atoms with Crippen LogP contribution in [0.2, 0.25) is 0 Å². The summed E-state index contributed by atoms with van der Waals surface area (Å²) in [5, 5.41) is 0. The smallest absolute Gasteiger partial charge is 0.122 e. The first-order chi connectivity index (χ1) is 13.6. The molecule has 0 unspecified atom stereocenters. The molecular formula is C23H40N4O. The highest BCUT2D eigenvalue weighted by Gasteiger charge is 2.15. The van der Waals surface area contributed by atoms with Gasteiger partial charge in [0.1, 0.15) is 5.75 Å². The third-order valence-corrected chi connectivity index (χ3v) is 6.40. The van der Waals surface area contributed by atoms with E-state index in [0.29, 0.717) is 0 Å². The molecule has 3 rings (SSSR count). The lowest BCUT2D eigenvalue weighted by molar-refractivity contribution is 0.153. The molecule has 0 aliphatic carbocycles. The van der Waals surface area contributed by atoms with E-state index < -0.39 is 0 Å². The third-order valence-electron chi connectivity index (χ3n) is 6.40. The van der Waals surface area contributed by atoms with Crippen LogP contribution in [0.25, 0.3) is 0 Å². The maximum absolute atomic E-state index is 5.63. The summed E-state index contributed by atoms with van der Waals surface area (Å²) in [6, 6.07) is 6.83. The molecule has 0 aromatic heterocycles. The van der Waals surface area contributed by atoms with Crippen molar-refractivity contribution in [1.82, 2.24) is 19.6 Å². The molecule has 0 amide bonds. The Morgan fingerprint density at radius 2 is 1.29 bits per heavy atom. The van der Waals surface area contributed by atoms with Gasteiger partial charge in [-0.1, -0.05) is 12.1 Å². The second kappa shape index (κ2) is 11.1. The van der Waals surface area contributed by atoms with Gasteiger partial charge in [0.15, 0.2) is 0 Å². The zero-order chi connectivity index (χ0) is 19.8. The van der Waals surface area contributed by atoms with Crippen molar-refractivity contribution in [1.29, 1.82) is 0 Å². The summed E-state index contributed by atoms with van der Waals surface area (Å²) in [5.41, 5.74) is 2.85. The van der Waals surface area contributed by atoms with Crippen LogP contribution in [-0.4, -0.2) is 106 Å². The van der Waals surface area contributed by atoms with Crippen LogP contribution in [0.4, 0.5) is 0 Å². The van der Waals surface area contributed by atoms with Crippen LogP contribution < -0.4 is 4.74 Å². The Balaban J connectivity index is 1.43. The van der Waals surface area contributed by atoms with Crippen LogP contribution in [0.5, 0.6) is 5.75 Å². The van der Waals surface area contributed by atoms with Crippen molar-refractivity contribution in [3.8, 4) is 5.75 Å². The van der Waals surface area contributed by atoms with Crippen molar-refractivity contribution < 1.29 is 4.74 Å². The summed E-state index contributed by atoms with van der Waals surface area (Å²) in [7, 11) is 6.24. The van der Waals surface area contributed by atoms with Crippen molar-refractivity contribution >= 4 is 0 Å². The Hall–Kier alpha value is -1.14. The molecule has 158 valence electrons. The van der Waals surface area contributed by atoms with E-state index in [4.69, 9.17) is 4.74 Å². The van der Waals surface area contributed by atoms with Gasteiger partial charge in [-0.05, 0) is 70.1 Å². The third kappa shape index (κ3) is 6.73. The van der Waals surface area contributed by atoms with Gasteiger partial charge < -0.3 is 24.3 Å². The molecule has 0 spiro atoms. The van der Waals surface area contributed by atoms with E-state index >= 15 is 0 Å². The van der Waals surface area contributed by atoms with Gasteiger partial charge in [-0.2, -0.15) is 0 Å². The van der Waals surface area contributed by atoms with Crippen LogP contribution >= 0.6 is 0 Å². The standard InChI is InChI=1S/C23H40N4O/c1-24-12-16-26(17-13-24)10-4-6-21-8-9-23(28-3)22(20-21)7-5-11-27-18-14-25(2)15-19-27/h8-9,20H,4-7,10-19H2,1-3H3. The van der Waals surface area contributed by atoms with E-state index in [1.807, 2.05) is 0 Å². The molecule has 2 aliphatic rings. The zero-order valence-corrected chi connectivity index (χ0v) is 18.3. The van der Waals surface area contributed by atoms with Crippen molar-refractivity contribution in [2.45, 2.75) is 25.7 Å². The Morgan fingerprint density at radius 3 is 1.82 bits per heavy atom. The molecule has 0 N–H and O–H groups in total. The van der Waals surface area contributed by atoms with E-state index in [0.717, 1.165) is 12.2 Å². The Kier molecular flexibility index (Phi) is 8.59. The topological polar surface area (TPSA) is 22.2 Å². The molecule has 0 radical (unpaired) electrons. The first-order valence-corrected chi connectivity index (χ1v) is 11.1. The monoisotopic (exact) mass is 388 g/mol. The fourth-order valence-corrected chi connectivity index (χ4v) is 4.33. The van der Waals surface area contributed by atoms with E-state index in [9.17, 15) is 0 Å². The quantitative estimate of drug-likeness (QED) is 0.644. The highest BCUT2D eigenvalue weighted by molar-refractivity contribution is 5.37. The molecule has 2 fully saturated rings.